The van der Waals surface area contributed by atoms with Gasteiger partial charge in [-0.05, 0) is 44.4 Å². The number of carboxylic acid groups (broad SMARTS) is 1. The molecule has 0 heterocycles. The lowest BCUT2D eigenvalue weighted by Crippen LogP contribution is -2.41. The van der Waals surface area contributed by atoms with Crippen LogP contribution in [-0.4, -0.2) is 28.1 Å². The van der Waals surface area contributed by atoms with Gasteiger partial charge in [-0.15, -0.1) is 0 Å². The van der Waals surface area contributed by atoms with Crippen LogP contribution in [0.3, 0.4) is 0 Å². The molecule has 0 amide bonds. The molecular weight excluding hydrogens is 250 g/mol. The zero-order chi connectivity index (χ0) is 14.5. The summed E-state index contributed by atoms with van der Waals surface area (Å²) in [6, 6.07) is 8.49. The van der Waals surface area contributed by atoms with Crippen molar-refractivity contribution >= 4 is 5.97 Å². The summed E-state index contributed by atoms with van der Waals surface area (Å²) in [4.78, 5) is 13.6. The van der Waals surface area contributed by atoms with Crippen LogP contribution in [0.4, 0.5) is 0 Å². The molecule has 1 N–H and O–H groups in total. The first-order chi connectivity index (χ1) is 9.58. The Morgan fingerprint density at radius 3 is 2.60 bits per heavy atom. The molecule has 0 aromatic heterocycles. The summed E-state index contributed by atoms with van der Waals surface area (Å²) < 4.78 is 0. The smallest absolute Gasteiger partial charge is 0.335 e. The van der Waals surface area contributed by atoms with E-state index in [-0.39, 0.29) is 0 Å². The molecule has 1 aromatic rings. The Morgan fingerprint density at radius 2 is 2.00 bits per heavy atom. The zero-order valence-corrected chi connectivity index (χ0v) is 12.5. The fraction of sp³-hybridized carbons (Fsp3) is 0.588. The molecule has 2 rings (SSSR count). The molecule has 0 aliphatic heterocycles. The molecule has 1 aromatic carbocycles. The fourth-order valence-corrected chi connectivity index (χ4v) is 3.16. The molecule has 1 saturated carbocycles. The number of nitrogens with zero attached hydrogens (tertiary/aromatic N) is 1. The van der Waals surface area contributed by atoms with Gasteiger partial charge in [-0.3, -0.25) is 4.90 Å². The van der Waals surface area contributed by atoms with Gasteiger partial charge in [-0.1, -0.05) is 31.4 Å². The van der Waals surface area contributed by atoms with Gasteiger partial charge in [-0.25, -0.2) is 4.79 Å². The standard InChI is InChI=1S/C17H25NO2/c1-13(2)18(16-9-4-3-5-10-16)12-14-7-6-8-15(11-14)17(19)20/h6-8,11,13,16H,3-5,9-10,12H2,1-2H3,(H,19,20). The van der Waals surface area contributed by atoms with Crippen LogP contribution in [0, 0.1) is 0 Å². The largest absolute Gasteiger partial charge is 0.478 e. The summed E-state index contributed by atoms with van der Waals surface area (Å²) in [6.07, 6.45) is 6.55. The van der Waals surface area contributed by atoms with E-state index in [2.05, 4.69) is 18.7 Å². The lowest BCUT2D eigenvalue weighted by atomic mass is 9.93. The molecule has 0 unspecified atom stereocenters. The Morgan fingerprint density at radius 1 is 1.30 bits per heavy atom. The molecule has 0 saturated heterocycles. The summed E-state index contributed by atoms with van der Waals surface area (Å²) in [5.41, 5.74) is 1.49. The average Bonchev–Trinajstić information content (AvgIpc) is 2.45. The maximum atomic E-state index is 11.1. The Balaban J connectivity index is 2.11. The maximum Gasteiger partial charge on any atom is 0.335 e. The van der Waals surface area contributed by atoms with Gasteiger partial charge in [0, 0.05) is 18.6 Å². The third-order valence-electron chi connectivity index (χ3n) is 4.25. The third-order valence-corrected chi connectivity index (χ3v) is 4.25. The number of hydrogen-bond donors (Lipinski definition) is 1. The lowest BCUT2D eigenvalue weighted by molar-refractivity contribution is 0.0696. The van der Waals surface area contributed by atoms with E-state index in [9.17, 15) is 4.79 Å². The minimum Gasteiger partial charge on any atom is -0.478 e. The molecule has 20 heavy (non-hydrogen) atoms. The first-order valence-electron chi connectivity index (χ1n) is 7.66. The zero-order valence-electron chi connectivity index (χ0n) is 12.5. The van der Waals surface area contributed by atoms with Crippen molar-refractivity contribution in [2.75, 3.05) is 0 Å². The Hall–Kier alpha value is -1.35. The van der Waals surface area contributed by atoms with E-state index < -0.39 is 5.97 Å². The first-order valence-corrected chi connectivity index (χ1v) is 7.66. The summed E-state index contributed by atoms with van der Waals surface area (Å²) >= 11 is 0. The highest BCUT2D eigenvalue weighted by molar-refractivity contribution is 5.87. The number of aromatic carboxylic acids is 1. The quantitative estimate of drug-likeness (QED) is 0.885. The summed E-state index contributed by atoms with van der Waals surface area (Å²) in [5, 5.41) is 9.09. The van der Waals surface area contributed by atoms with E-state index in [1.165, 1.54) is 32.1 Å². The van der Waals surface area contributed by atoms with Crippen LogP contribution < -0.4 is 0 Å². The SMILES string of the molecule is CC(C)N(Cc1cccc(C(=O)O)c1)C1CCCCC1. The minimum atomic E-state index is -0.847. The van der Waals surface area contributed by atoms with Crippen molar-refractivity contribution < 1.29 is 9.90 Å². The number of benzene rings is 1. The van der Waals surface area contributed by atoms with Crippen molar-refractivity contribution in [1.29, 1.82) is 0 Å². The van der Waals surface area contributed by atoms with E-state index in [4.69, 9.17) is 5.11 Å². The number of hydrogen-bond acceptors (Lipinski definition) is 2. The van der Waals surface area contributed by atoms with E-state index in [1.807, 2.05) is 12.1 Å². The monoisotopic (exact) mass is 275 g/mol. The van der Waals surface area contributed by atoms with Gasteiger partial charge >= 0.3 is 5.97 Å². The molecule has 1 aliphatic rings. The van der Waals surface area contributed by atoms with Crippen LogP contribution in [0.1, 0.15) is 61.9 Å². The molecule has 110 valence electrons. The van der Waals surface area contributed by atoms with Crippen molar-refractivity contribution in [3.05, 3.63) is 35.4 Å². The fourth-order valence-electron chi connectivity index (χ4n) is 3.16. The molecule has 3 nitrogen and oxygen atoms in total. The van der Waals surface area contributed by atoms with Crippen molar-refractivity contribution in [3.63, 3.8) is 0 Å². The molecule has 3 heteroatoms. The van der Waals surface area contributed by atoms with Crippen molar-refractivity contribution in [3.8, 4) is 0 Å². The van der Waals surface area contributed by atoms with Crippen LogP contribution >= 0.6 is 0 Å². The van der Waals surface area contributed by atoms with E-state index in [0.717, 1.165) is 12.1 Å². The Kier molecular flexibility index (Phi) is 5.18. The molecule has 0 bridgehead atoms. The van der Waals surface area contributed by atoms with Crippen LogP contribution in [-0.2, 0) is 6.54 Å². The molecule has 0 atom stereocenters. The van der Waals surface area contributed by atoms with Gasteiger partial charge in [0.25, 0.3) is 0 Å². The Bertz CT molecular complexity index is 450. The predicted octanol–water partition coefficient (Wildman–Crippen LogP) is 3.93. The summed E-state index contributed by atoms with van der Waals surface area (Å²) in [5.74, 6) is -0.847. The number of carbonyl (C=O) groups is 1. The number of carboxylic acids is 1. The van der Waals surface area contributed by atoms with Gasteiger partial charge in [0.2, 0.25) is 0 Å². The highest BCUT2D eigenvalue weighted by atomic mass is 16.4. The molecular formula is C17H25NO2. The van der Waals surface area contributed by atoms with Crippen LogP contribution in [0.5, 0.6) is 0 Å². The van der Waals surface area contributed by atoms with E-state index in [1.54, 1.807) is 12.1 Å². The molecule has 1 fully saturated rings. The van der Waals surface area contributed by atoms with E-state index >= 15 is 0 Å². The second-order valence-corrected chi connectivity index (χ2v) is 6.06. The Labute approximate surface area is 121 Å². The van der Waals surface area contributed by atoms with Crippen LogP contribution in [0.2, 0.25) is 0 Å². The molecule has 1 aliphatic carbocycles. The van der Waals surface area contributed by atoms with Gasteiger partial charge in [-0.2, -0.15) is 0 Å². The minimum absolute atomic E-state index is 0.384. The van der Waals surface area contributed by atoms with E-state index in [0.29, 0.717) is 17.6 Å². The molecule has 0 spiro atoms. The third kappa shape index (κ3) is 3.83. The van der Waals surface area contributed by atoms with Crippen molar-refractivity contribution in [2.45, 2.75) is 64.6 Å². The number of rotatable bonds is 5. The maximum absolute atomic E-state index is 11.1. The normalized spacial score (nSPS) is 16.8. The summed E-state index contributed by atoms with van der Waals surface area (Å²) in [7, 11) is 0. The average molecular weight is 275 g/mol. The second kappa shape index (κ2) is 6.89. The van der Waals surface area contributed by atoms with Gasteiger partial charge in [0.05, 0.1) is 5.56 Å². The van der Waals surface area contributed by atoms with Crippen LogP contribution in [0.25, 0.3) is 0 Å². The van der Waals surface area contributed by atoms with Gasteiger partial charge in [0.1, 0.15) is 0 Å². The lowest BCUT2D eigenvalue weighted by Gasteiger charge is -2.37. The van der Waals surface area contributed by atoms with Crippen molar-refractivity contribution in [2.24, 2.45) is 0 Å². The van der Waals surface area contributed by atoms with Crippen LogP contribution in [0.15, 0.2) is 24.3 Å². The predicted molar refractivity (Wildman–Crippen MR) is 81.0 cm³/mol. The van der Waals surface area contributed by atoms with Gasteiger partial charge in [0.15, 0.2) is 0 Å². The topological polar surface area (TPSA) is 40.5 Å². The van der Waals surface area contributed by atoms with Crippen molar-refractivity contribution in [1.82, 2.24) is 4.90 Å². The second-order valence-electron chi connectivity index (χ2n) is 6.06. The first kappa shape index (κ1) is 15.0. The molecule has 0 radical (unpaired) electrons. The summed E-state index contributed by atoms with van der Waals surface area (Å²) in [6.45, 7) is 5.31. The highest BCUT2D eigenvalue weighted by Gasteiger charge is 2.23. The van der Waals surface area contributed by atoms with Gasteiger partial charge < -0.3 is 5.11 Å². The highest BCUT2D eigenvalue weighted by Crippen LogP contribution is 2.25.